The fraction of sp³-hybridized carbons (Fsp3) is 0.286. The Bertz CT molecular complexity index is 720. The van der Waals surface area contributed by atoms with E-state index < -0.39 is 17.3 Å². The molecule has 1 fully saturated rings. The van der Waals surface area contributed by atoms with Crippen LogP contribution in [0.3, 0.4) is 0 Å². The number of benzene rings is 1. The molecule has 1 aliphatic rings. The number of carbonyl (C=O) groups is 1. The molecule has 1 N–H and O–H groups in total. The number of H-pyrrole nitrogens is 1. The molecule has 5 nitrogen and oxygen atoms in total. The summed E-state index contributed by atoms with van der Waals surface area (Å²) < 4.78 is 13.4. The number of rotatable bonds is 1. The van der Waals surface area contributed by atoms with Crippen LogP contribution in [0.5, 0.6) is 0 Å². The molecule has 0 radical (unpaired) electrons. The summed E-state index contributed by atoms with van der Waals surface area (Å²) in [6.45, 7) is 0.948. The lowest BCUT2D eigenvalue weighted by molar-refractivity contribution is -0.144. The van der Waals surface area contributed by atoms with Crippen LogP contribution >= 0.6 is 0 Å². The first-order valence-electron chi connectivity index (χ1n) is 6.42. The van der Waals surface area contributed by atoms with E-state index in [4.69, 9.17) is 4.84 Å². The van der Waals surface area contributed by atoms with Crippen LogP contribution in [0.1, 0.15) is 23.2 Å². The number of aromatic amines is 1. The number of nitrogens with one attached hydrogen (secondary N) is 1. The van der Waals surface area contributed by atoms with Gasteiger partial charge in [-0.1, -0.05) is 0 Å². The molecule has 1 amide bonds. The minimum absolute atomic E-state index is 0.158. The first-order chi connectivity index (χ1) is 9.65. The molecule has 0 atom stereocenters. The Balaban J connectivity index is 2.11. The van der Waals surface area contributed by atoms with Gasteiger partial charge < -0.3 is 4.98 Å². The van der Waals surface area contributed by atoms with Crippen LogP contribution in [0.15, 0.2) is 29.1 Å². The molecule has 0 unspecified atom stereocenters. The predicted molar refractivity (Wildman–Crippen MR) is 70.7 cm³/mol. The number of pyridine rings is 1. The van der Waals surface area contributed by atoms with E-state index in [-0.39, 0.29) is 5.56 Å². The van der Waals surface area contributed by atoms with Crippen molar-refractivity contribution in [3.8, 4) is 0 Å². The highest BCUT2D eigenvalue weighted by molar-refractivity contribution is 6.05. The Morgan fingerprint density at radius 1 is 1.30 bits per heavy atom. The normalized spacial score (nSPS) is 15.6. The minimum atomic E-state index is -0.460. The van der Waals surface area contributed by atoms with Crippen LogP contribution in [0.4, 0.5) is 4.39 Å². The van der Waals surface area contributed by atoms with Crippen LogP contribution in [0, 0.1) is 5.82 Å². The average molecular weight is 276 g/mol. The number of fused-ring (bicyclic) bond motifs is 1. The van der Waals surface area contributed by atoms with E-state index in [1.54, 1.807) is 0 Å². The Morgan fingerprint density at radius 3 is 2.90 bits per heavy atom. The van der Waals surface area contributed by atoms with E-state index in [2.05, 4.69) is 4.98 Å². The molecular weight excluding hydrogens is 263 g/mol. The van der Waals surface area contributed by atoms with Crippen molar-refractivity contribution in [2.75, 3.05) is 13.2 Å². The molecule has 104 valence electrons. The Hall–Kier alpha value is -2.21. The summed E-state index contributed by atoms with van der Waals surface area (Å²) in [4.78, 5) is 31.9. The number of halogens is 1. The van der Waals surface area contributed by atoms with E-state index in [0.717, 1.165) is 12.8 Å². The van der Waals surface area contributed by atoms with Gasteiger partial charge in [0.05, 0.1) is 12.2 Å². The Morgan fingerprint density at radius 2 is 2.15 bits per heavy atom. The number of hydrogen-bond donors (Lipinski definition) is 1. The third-order valence-electron chi connectivity index (χ3n) is 3.26. The van der Waals surface area contributed by atoms with Crippen molar-refractivity contribution < 1.29 is 14.0 Å². The van der Waals surface area contributed by atoms with E-state index in [1.165, 1.54) is 29.3 Å². The largest absolute Gasteiger partial charge is 0.322 e. The van der Waals surface area contributed by atoms with Gasteiger partial charge in [-0.3, -0.25) is 14.4 Å². The van der Waals surface area contributed by atoms with Gasteiger partial charge in [0.2, 0.25) is 5.56 Å². The molecule has 2 aromatic rings. The van der Waals surface area contributed by atoms with Crippen LogP contribution in [-0.2, 0) is 4.84 Å². The second kappa shape index (κ2) is 5.05. The number of nitrogens with zero attached hydrogens (tertiary/aromatic N) is 1. The molecule has 1 aromatic carbocycles. The van der Waals surface area contributed by atoms with Crippen molar-refractivity contribution in [2.45, 2.75) is 12.8 Å². The fourth-order valence-electron chi connectivity index (χ4n) is 2.29. The molecule has 20 heavy (non-hydrogen) atoms. The van der Waals surface area contributed by atoms with E-state index in [1.807, 2.05) is 0 Å². The van der Waals surface area contributed by atoms with Crippen molar-refractivity contribution >= 4 is 16.8 Å². The summed E-state index contributed by atoms with van der Waals surface area (Å²) in [7, 11) is 0. The zero-order valence-electron chi connectivity index (χ0n) is 10.7. The zero-order chi connectivity index (χ0) is 14.1. The first kappa shape index (κ1) is 12.8. The number of aromatic nitrogens is 1. The lowest BCUT2D eigenvalue weighted by Crippen LogP contribution is -2.36. The van der Waals surface area contributed by atoms with Gasteiger partial charge >= 0.3 is 0 Å². The van der Waals surface area contributed by atoms with Gasteiger partial charge in [-0.25, -0.2) is 9.45 Å². The maximum Gasteiger partial charge on any atom is 0.278 e. The van der Waals surface area contributed by atoms with E-state index >= 15 is 0 Å². The number of hydrogen-bond acceptors (Lipinski definition) is 3. The molecule has 0 saturated carbocycles. The summed E-state index contributed by atoms with van der Waals surface area (Å²) in [6, 6.07) is 5.11. The SMILES string of the molecule is O=C(c1cc(=O)[nH]c2ccc(F)cc12)N1CCCCO1. The molecule has 0 spiro atoms. The van der Waals surface area contributed by atoms with Gasteiger partial charge in [0.1, 0.15) is 5.82 Å². The molecule has 2 heterocycles. The molecular formula is C14H13FN2O3. The molecule has 0 bridgehead atoms. The predicted octanol–water partition coefficient (Wildman–Crippen LogP) is 1.83. The molecule has 1 aromatic heterocycles. The van der Waals surface area contributed by atoms with E-state index in [0.29, 0.717) is 24.1 Å². The second-order valence-corrected chi connectivity index (χ2v) is 4.68. The Labute approximate surface area is 113 Å². The van der Waals surface area contributed by atoms with Crippen LogP contribution in [-0.4, -0.2) is 29.1 Å². The summed E-state index contributed by atoms with van der Waals surface area (Å²) in [5.41, 5.74) is 0.189. The van der Waals surface area contributed by atoms with Gasteiger partial charge in [-0.2, -0.15) is 0 Å². The summed E-state index contributed by atoms with van der Waals surface area (Å²) in [6.07, 6.45) is 1.75. The monoisotopic (exact) mass is 276 g/mol. The van der Waals surface area contributed by atoms with Crippen molar-refractivity contribution in [1.29, 1.82) is 0 Å². The lowest BCUT2D eigenvalue weighted by atomic mass is 10.1. The topological polar surface area (TPSA) is 62.4 Å². The molecule has 1 saturated heterocycles. The van der Waals surface area contributed by atoms with Crippen LogP contribution in [0.25, 0.3) is 10.9 Å². The molecule has 3 rings (SSSR count). The highest BCUT2D eigenvalue weighted by atomic mass is 19.1. The van der Waals surface area contributed by atoms with Gasteiger partial charge in [-0.05, 0) is 31.0 Å². The number of carbonyl (C=O) groups excluding carboxylic acids is 1. The third-order valence-corrected chi connectivity index (χ3v) is 3.26. The molecule has 0 aliphatic carbocycles. The second-order valence-electron chi connectivity index (χ2n) is 4.68. The Kier molecular flexibility index (Phi) is 3.23. The first-order valence-corrected chi connectivity index (χ1v) is 6.42. The lowest BCUT2D eigenvalue weighted by Gasteiger charge is -2.26. The quantitative estimate of drug-likeness (QED) is 0.864. The standard InChI is InChI=1S/C14H13FN2O3/c15-9-3-4-12-10(7-9)11(8-13(18)16-12)14(19)17-5-1-2-6-20-17/h3-4,7-8H,1-2,5-6H2,(H,16,18). The number of amides is 1. The van der Waals surface area contributed by atoms with Gasteiger partial charge in [0, 0.05) is 23.5 Å². The highest BCUT2D eigenvalue weighted by Gasteiger charge is 2.22. The van der Waals surface area contributed by atoms with Gasteiger partial charge in [0.15, 0.2) is 0 Å². The van der Waals surface area contributed by atoms with Crippen molar-refractivity contribution in [3.05, 3.63) is 46.0 Å². The maximum atomic E-state index is 13.4. The van der Waals surface area contributed by atoms with Gasteiger partial charge in [0.25, 0.3) is 5.91 Å². The zero-order valence-corrected chi connectivity index (χ0v) is 10.7. The fourth-order valence-corrected chi connectivity index (χ4v) is 2.29. The number of hydroxylamine groups is 2. The summed E-state index contributed by atoms with van der Waals surface area (Å²) in [5.74, 6) is -0.871. The van der Waals surface area contributed by atoms with Crippen LogP contribution in [0.2, 0.25) is 0 Å². The van der Waals surface area contributed by atoms with E-state index in [9.17, 15) is 14.0 Å². The third kappa shape index (κ3) is 2.30. The molecule has 6 heteroatoms. The van der Waals surface area contributed by atoms with Crippen molar-refractivity contribution in [3.63, 3.8) is 0 Å². The average Bonchev–Trinajstić information content (AvgIpc) is 2.47. The maximum absolute atomic E-state index is 13.4. The van der Waals surface area contributed by atoms with Crippen LogP contribution < -0.4 is 5.56 Å². The van der Waals surface area contributed by atoms with Crippen molar-refractivity contribution in [2.24, 2.45) is 0 Å². The summed E-state index contributed by atoms with van der Waals surface area (Å²) in [5, 5.41) is 1.62. The van der Waals surface area contributed by atoms with Gasteiger partial charge in [-0.15, -0.1) is 0 Å². The molecule has 1 aliphatic heterocycles. The smallest absolute Gasteiger partial charge is 0.278 e. The summed E-state index contributed by atoms with van der Waals surface area (Å²) >= 11 is 0. The minimum Gasteiger partial charge on any atom is -0.322 e. The highest BCUT2D eigenvalue weighted by Crippen LogP contribution is 2.19. The van der Waals surface area contributed by atoms with Crippen molar-refractivity contribution in [1.82, 2.24) is 10.0 Å².